The van der Waals surface area contributed by atoms with Gasteiger partial charge in [0, 0.05) is 38.6 Å². The Hall–Kier alpha value is -1.10. The molecular weight excluding hydrogens is 218 g/mol. The van der Waals surface area contributed by atoms with Gasteiger partial charge >= 0.3 is 0 Å². The van der Waals surface area contributed by atoms with Gasteiger partial charge in [0.2, 0.25) is 11.8 Å². The van der Waals surface area contributed by atoms with E-state index in [1.165, 1.54) is 4.90 Å². The predicted molar refractivity (Wildman–Crippen MR) is 66.5 cm³/mol. The molecule has 1 fully saturated rings. The molecule has 5 heteroatoms. The third-order valence-corrected chi connectivity index (χ3v) is 2.83. The lowest BCUT2D eigenvalue weighted by Crippen LogP contribution is -2.50. The summed E-state index contributed by atoms with van der Waals surface area (Å²) in [7, 11) is 1.69. The van der Waals surface area contributed by atoms with Crippen LogP contribution in [0.15, 0.2) is 0 Å². The molecule has 0 aromatic carbocycles. The third kappa shape index (κ3) is 4.00. The number of hydrogen-bond donors (Lipinski definition) is 1. The molecule has 0 aromatic rings. The second kappa shape index (κ2) is 5.49. The Morgan fingerprint density at radius 2 is 1.76 bits per heavy atom. The second-order valence-corrected chi connectivity index (χ2v) is 5.54. The van der Waals surface area contributed by atoms with Crippen LogP contribution in [0.25, 0.3) is 0 Å². The molecule has 0 unspecified atom stereocenters. The van der Waals surface area contributed by atoms with Gasteiger partial charge in [-0.05, 0) is 0 Å². The monoisotopic (exact) mass is 241 g/mol. The standard InChI is InChI=1S/C12H23N3O2/c1-12(2,3)11(17)14(4)9-10(16)15-7-5-13-6-8-15/h13H,5-9H2,1-4H3. The summed E-state index contributed by atoms with van der Waals surface area (Å²) in [6.45, 7) is 8.90. The van der Waals surface area contributed by atoms with E-state index in [0.717, 1.165) is 26.2 Å². The highest BCUT2D eigenvalue weighted by atomic mass is 16.2. The highest BCUT2D eigenvalue weighted by molar-refractivity contribution is 5.87. The molecule has 0 aromatic heterocycles. The number of carbonyl (C=O) groups is 2. The van der Waals surface area contributed by atoms with E-state index >= 15 is 0 Å². The van der Waals surface area contributed by atoms with Crippen molar-refractivity contribution in [2.75, 3.05) is 39.8 Å². The first-order valence-electron chi connectivity index (χ1n) is 6.06. The summed E-state index contributed by atoms with van der Waals surface area (Å²) in [5.74, 6) is 0.0348. The summed E-state index contributed by atoms with van der Waals surface area (Å²) in [5.41, 5.74) is -0.432. The quantitative estimate of drug-likeness (QED) is 0.736. The Balaban J connectivity index is 2.47. The number of nitrogens with zero attached hydrogens (tertiary/aromatic N) is 2. The van der Waals surface area contributed by atoms with Gasteiger partial charge in [0.1, 0.15) is 0 Å². The van der Waals surface area contributed by atoms with E-state index in [1.54, 1.807) is 7.05 Å². The minimum atomic E-state index is -0.432. The van der Waals surface area contributed by atoms with Crippen molar-refractivity contribution in [3.63, 3.8) is 0 Å². The number of piperazine rings is 1. The van der Waals surface area contributed by atoms with Crippen LogP contribution in [-0.2, 0) is 9.59 Å². The maximum atomic E-state index is 11.9. The van der Waals surface area contributed by atoms with Gasteiger partial charge in [-0.3, -0.25) is 9.59 Å². The lowest BCUT2D eigenvalue weighted by atomic mass is 9.95. The van der Waals surface area contributed by atoms with Gasteiger partial charge in [0.05, 0.1) is 6.54 Å². The molecule has 0 saturated carbocycles. The zero-order chi connectivity index (χ0) is 13.1. The van der Waals surface area contributed by atoms with Crippen molar-refractivity contribution in [1.29, 1.82) is 0 Å². The fourth-order valence-electron chi connectivity index (χ4n) is 1.86. The Morgan fingerprint density at radius 1 is 1.24 bits per heavy atom. The Kier molecular flexibility index (Phi) is 4.51. The zero-order valence-electron chi connectivity index (χ0n) is 11.2. The average Bonchev–Trinajstić information content (AvgIpc) is 2.27. The molecule has 0 atom stereocenters. The summed E-state index contributed by atoms with van der Waals surface area (Å²) in [6.07, 6.45) is 0. The topological polar surface area (TPSA) is 52.7 Å². The van der Waals surface area contributed by atoms with Crippen LogP contribution in [0.5, 0.6) is 0 Å². The van der Waals surface area contributed by atoms with E-state index in [4.69, 9.17) is 0 Å². The number of hydrogen-bond acceptors (Lipinski definition) is 3. The average molecular weight is 241 g/mol. The first-order chi connectivity index (χ1) is 7.82. The van der Waals surface area contributed by atoms with Crippen molar-refractivity contribution < 1.29 is 9.59 Å². The number of likely N-dealkylation sites (N-methyl/N-ethyl adjacent to an activating group) is 1. The van der Waals surface area contributed by atoms with E-state index in [2.05, 4.69) is 5.32 Å². The Labute approximate surface area is 103 Å². The summed E-state index contributed by atoms with van der Waals surface area (Å²) in [6, 6.07) is 0. The van der Waals surface area contributed by atoms with Crippen LogP contribution >= 0.6 is 0 Å². The van der Waals surface area contributed by atoms with E-state index in [-0.39, 0.29) is 18.4 Å². The van der Waals surface area contributed by atoms with Gasteiger partial charge in [-0.1, -0.05) is 20.8 Å². The molecule has 1 aliphatic heterocycles. The van der Waals surface area contributed by atoms with Crippen molar-refractivity contribution in [2.24, 2.45) is 5.41 Å². The summed E-state index contributed by atoms with van der Waals surface area (Å²) in [5, 5.41) is 3.20. The van der Waals surface area contributed by atoms with Crippen molar-refractivity contribution in [1.82, 2.24) is 15.1 Å². The molecule has 17 heavy (non-hydrogen) atoms. The van der Waals surface area contributed by atoms with Gasteiger partial charge in [-0.25, -0.2) is 0 Å². The first kappa shape index (κ1) is 14.0. The lowest BCUT2D eigenvalue weighted by Gasteiger charge is -2.31. The Morgan fingerprint density at radius 3 is 2.24 bits per heavy atom. The smallest absolute Gasteiger partial charge is 0.242 e. The zero-order valence-corrected chi connectivity index (χ0v) is 11.2. The molecule has 1 rings (SSSR count). The molecule has 0 spiro atoms. The van der Waals surface area contributed by atoms with E-state index in [9.17, 15) is 9.59 Å². The Bertz CT molecular complexity index is 291. The molecule has 2 amide bonds. The largest absolute Gasteiger partial charge is 0.339 e. The summed E-state index contributed by atoms with van der Waals surface area (Å²) >= 11 is 0. The van der Waals surface area contributed by atoms with Crippen LogP contribution in [0.2, 0.25) is 0 Å². The van der Waals surface area contributed by atoms with Crippen LogP contribution in [0.4, 0.5) is 0 Å². The van der Waals surface area contributed by atoms with Crippen LogP contribution in [0, 0.1) is 5.41 Å². The maximum absolute atomic E-state index is 11.9. The number of amides is 2. The van der Waals surface area contributed by atoms with Gasteiger partial charge < -0.3 is 15.1 Å². The lowest BCUT2D eigenvalue weighted by molar-refractivity contribution is -0.144. The van der Waals surface area contributed by atoms with Gasteiger partial charge in [-0.15, -0.1) is 0 Å². The normalized spacial score (nSPS) is 16.8. The fraction of sp³-hybridized carbons (Fsp3) is 0.833. The van der Waals surface area contributed by atoms with E-state index in [1.807, 2.05) is 25.7 Å². The van der Waals surface area contributed by atoms with Crippen molar-refractivity contribution >= 4 is 11.8 Å². The highest BCUT2D eigenvalue weighted by Gasteiger charge is 2.27. The van der Waals surface area contributed by atoms with Gasteiger partial charge in [0.25, 0.3) is 0 Å². The SMILES string of the molecule is CN(CC(=O)N1CCNCC1)C(=O)C(C)(C)C. The minimum absolute atomic E-state index is 0.000912. The number of nitrogens with one attached hydrogen (secondary N) is 1. The number of carbonyl (C=O) groups excluding carboxylic acids is 2. The molecule has 1 aliphatic rings. The first-order valence-corrected chi connectivity index (χ1v) is 6.06. The molecule has 0 radical (unpaired) electrons. The molecular formula is C12H23N3O2. The molecule has 0 aliphatic carbocycles. The molecule has 98 valence electrons. The van der Waals surface area contributed by atoms with Crippen molar-refractivity contribution in [3.8, 4) is 0 Å². The van der Waals surface area contributed by atoms with Gasteiger partial charge in [0.15, 0.2) is 0 Å². The molecule has 0 bridgehead atoms. The van der Waals surface area contributed by atoms with Crippen molar-refractivity contribution in [2.45, 2.75) is 20.8 Å². The highest BCUT2D eigenvalue weighted by Crippen LogP contribution is 2.16. The molecule has 1 N–H and O–H groups in total. The second-order valence-electron chi connectivity index (χ2n) is 5.54. The van der Waals surface area contributed by atoms with Crippen LogP contribution in [-0.4, -0.2) is 61.4 Å². The van der Waals surface area contributed by atoms with Crippen LogP contribution in [0.3, 0.4) is 0 Å². The number of rotatable bonds is 2. The predicted octanol–water partition coefficient (Wildman–Crippen LogP) is -0.0773. The van der Waals surface area contributed by atoms with Crippen LogP contribution < -0.4 is 5.32 Å². The van der Waals surface area contributed by atoms with E-state index in [0.29, 0.717) is 0 Å². The third-order valence-electron chi connectivity index (χ3n) is 2.83. The maximum Gasteiger partial charge on any atom is 0.242 e. The summed E-state index contributed by atoms with van der Waals surface area (Å²) < 4.78 is 0. The summed E-state index contributed by atoms with van der Waals surface area (Å²) in [4.78, 5) is 27.2. The molecule has 1 heterocycles. The molecule has 5 nitrogen and oxygen atoms in total. The van der Waals surface area contributed by atoms with E-state index < -0.39 is 5.41 Å². The van der Waals surface area contributed by atoms with Crippen LogP contribution in [0.1, 0.15) is 20.8 Å². The fourth-order valence-corrected chi connectivity index (χ4v) is 1.86. The minimum Gasteiger partial charge on any atom is -0.339 e. The van der Waals surface area contributed by atoms with Gasteiger partial charge in [-0.2, -0.15) is 0 Å². The molecule has 1 saturated heterocycles. The van der Waals surface area contributed by atoms with Crippen molar-refractivity contribution in [3.05, 3.63) is 0 Å².